The average Bonchev–Trinajstić information content (AvgIpc) is 2.69. The van der Waals surface area contributed by atoms with Crippen molar-refractivity contribution in [2.24, 2.45) is 17.8 Å². The maximum absolute atomic E-state index is 14.5. The average molecular weight is 392 g/mol. The Kier molecular flexibility index (Phi) is 7.58. The quantitative estimate of drug-likeness (QED) is 0.579. The van der Waals surface area contributed by atoms with Gasteiger partial charge < -0.3 is 9.47 Å². The van der Waals surface area contributed by atoms with Gasteiger partial charge in [0, 0.05) is 17.4 Å². The van der Waals surface area contributed by atoms with E-state index in [0.29, 0.717) is 31.0 Å². The van der Waals surface area contributed by atoms with E-state index in [1.807, 2.05) is 0 Å². The van der Waals surface area contributed by atoms with Crippen molar-refractivity contribution < 1.29 is 22.6 Å². The summed E-state index contributed by atoms with van der Waals surface area (Å²) in [6.07, 6.45) is 6.80. The lowest BCUT2D eigenvalue weighted by Gasteiger charge is -2.29. The largest absolute Gasteiger partial charge is 0.348 e. The molecule has 0 spiro atoms. The van der Waals surface area contributed by atoms with Crippen LogP contribution in [0.2, 0.25) is 0 Å². The zero-order chi connectivity index (χ0) is 19.9. The van der Waals surface area contributed by atoms with Crippen LogP contribution in [0.5, 0.6) is 0 Å². The van der Waals surface area contributed by atoms with E-state index in [-0.39, 0.29) is 17.4 Å². The van der Waals surface area contributed by atoms with Gasteiger partial charge in [0.25, 0.3) is 0 Å². The second-order valence-corrected chi connectivity index (χ2v) is 7.71. The minimum atomic E-state index is -0.738. The van der Waals surface area contributed by atoms with Crippen LogP contribution in [-0.2, 0) is 9.47 Å². The van der Waals surface area contributed by atoms with Crippen molar-refractivity contribution in [3.8, 4) is 11.8 Å². The molecule has 1 aromatic rings. The Morgan fingerprint density at radius 1 is 1.07 bits per heavy atom. The number of hydrogen-bond acceptors (Lipinski definition) is 2. The molecule has 3 rings (SSSR count). The van der Waals surface area contributed by atoms with E-state index in [2.05, 4.69) is 18.8 Å². The number of hydrogen-bond donors (Lipinski definition) is 0. The van der Waals surface area contributed by atoms with E-state index < -0.39 is 17.9 Å². The van der Waals surface area contributed by atoms with Gasteiger partial charge >= 0.3 is 0 Å². The summed E-state index contributed by atoms with van der Waals surface area (Å²) in [5, 5.41) is 0. The van der Waals surface area contributed by atoms with Gasteiger partial charge in [0.2, 0.25) is 0 Å². The fourth-order valence-electron chi connectivity index (χ4n) is 3.89. The van der Waals surface area contributed by atoms with Gasteiger partial charge in [-0.1, -0.05) is 31.3 Å². The highest BCUT2D eigenvalue weighted by Gasteiger charge is 2.25. The van der Waals surface area contributed by atoms with Crippen LogP contribution in [-0.4, -0.2) is 13.2 Å². The van der Waals surface area contributed by atoms with Crippen molar-refractivity contribution in [2.45, 2.75) is 51.7 Å². The van der Waals surface area contributed by atoms with Crippen molar-refractivity contribution >= 4 is 0 Å². The van der Waals surface area contributed by atoms with Crippen molar-refractivity contribution in [3.63, 3.8) is 0 Å². The Balaban J connectivity index is 1.64. The molecule has 0 aromatic heterocycles. The van der Waals surface area contributed by atoms with Crippen molar-refractivity contribution in [2.75, 3.05) is 13.2 Å². The van der Waals surface area contributed by atoms with E-state index in [4.69, 9.17) is 9.47 Å². The lowest BCUT2D eigenvalue weighted by atomic mass is 9.82. The third kappa shape index (κ3) is 5.40. The molecule has 1 aliphatic heterocycles. The Bertz CT molecular complexity index is 711. The molecule has 1 aliphatic carbocycles. The van der Waals surface area contributed by atoms with Crippen LogP contribution in [0.25, 0.3) is 0 Å². The summed E-state index contributed by atoms with van der Waals surface area (Å²) in [7, 11) is 0. The zero-order valence-corrected chi connectivity index (χ0v) is 16.2. The second kappa shape index (κ2) is 10.1. The predicted octanol–water partition coefficient (Wildman–Crippen LogP) is 6.07. The highest BCUT2D eigenvalue weighted by Crippen LogP contribution is 2.31. The second-order valence-electron chi connectivity index (χ2n) is 7.71. The molecule has 1 heterocycles. The molecule has 1 saturated carbocycles. The van der Waals surface area contributed by atoms with Crippen LogP contribution in [0.3, 0.4) is 0 Å². The minimum Gasteiger partial charge on any atom is -0.348 e. The Hall–Kier alpha value is -1.77. The number of benzene rings is 1. The molecule has 0 N–H and O–H groups in total. The van der Waals surface area contributed by atoms with Crippen LogP contribution in [0.4, 0.5) is 13.2 Å². The van der Waals surface area contributed by atoms with Gasteiger partial charge in [-0.25, -0.2) is 13.2 Å². The first-order valence-corrected chi connectivity index (χ1v) is 10.1. The standard InChI is InChI=1S/C23H27F3O2/c1-2-3-18-14-27-23(28-15-18)19-12-21(25)20(22(26)13-19)9-8-16-4-6-17(7-5-16)10-11-24/h10-13,16-18,23H,2-7,14-15H2,1H3/b11-10+. The van der Waals surface area contributed by atoms with Crippen LogP contribution in [0.15, 0.2) is 24.5 Å². The minimum absolute atomic E-state index is 0.0863. The maximum Gasteiger partial charge on any atom is 0.184 e. The van der Waals surface area contributed by atoms with Crippen molar-refractivity contribution in [1.29, 1.82) is 0 Å². The molecular weight excluding hydrogens is 365 g/mol. The van der Waals surface area contributed by atoms with Crippen molar-refractivity contribution in [1.82, 2.24) is 0 Å². The highest BCUT2D eigenvalue weighted by molar-refractivity contribution is 5.40. The van der Waals surface area contributed by atoms with E-state index in [0.717, 1.165) is 38.5 Å². The summed E-state index contributed by atoms with van der Waals surface area (Å²) in [6, 6.07) is 2.50. The molecule has 0 radical (unpaired) electrons. The Morgan fingerprint density at radius 2 is 1.71 bits per heavy atom. The molecule has 2 nitrogen and oxygen atoms in total. The molecular formula is C23H27F3O2. The predicted molar refractivity (Wildman–Crippen MR) is 102 cm³/mol. The molecule has 1 saturated heterocycles. The molecule has 0 amide bonds. The lowest BCUT2D eigenvalue weighted by Crippen LogP contribution is -2.27. The van der Waals surface area contributed by atoms with E-state index >= 15 is 0 Å². The molecule has 0 unspecified atom stereocenters. The molecule has 1 aromatic carbocycles. The third-order valence-electron chi connectivity index (χ3n) is 5.52. The van der Waals surface area contributed by atoms with Gasteiger partial charge in [0.1, 0.15) is 11.6 Å². The van der Waals surface area contributed by atoms with Crippen LogP contribution in [0.1, 0.15) is 62.9 Å². The summed E-state index contributed by atoms with van der Waals surface area (Å²) in [6.45, 7) is 3.16. The highest BCUT2D eigenvalue weighted by atomic mass is 19.1. The van der Waals surface area contributed by atoms with Crippen LogP contribution >= 0.6 is 0 Å². The molecule has 0 atom stereocenters. The van der Waals surface area contributed by atoms with Gasteiger partial charge in [0.15, 0.2) is 6.29 Å². The normalized spacial score (nSPS) is 28.1. The lowest BCUT2D eigenvalue weighted by molar-refractivity contribution is -0.206. The first kappa shape index (κ1) is 21.0. The maximum atomic E-state index is 14.5. The van der Waals surface area contributed by atoms with Crippen molar-refractivity contribution in [3.05, 3.63) is 47.3 Å². The Morgan fingerprint density at radius 3 is 2.29 bits per heavy atom. The first-order valence-electron chi connectivity index (χ1n) is 10.1. The monoisotopic (exact) mass is 392 g/mol. The summed E-state index contributed by atoms with van der Waals surface area (Å²) in [5.74, 6) is 4.93. The number of halogens is 3. The summed E-state index contributed by atoms with van der Waals surface area (Å²) < 4.78 is 52.5. The molecule has 0 bridgehead atoms. The zero-order valence-electron chi connectivity index (χ0n) is 16.2. The number of ether oxygens (including phenoxy) is 2. The summed E-state index contributed by atoms with van der Waals surface area (Å²) in [4.78, 5) is 0. The fourth-order valence-corrected chi connectivity index (χ4v) is 3.89. The number of rotatable bonds is 4. The molecule has 2 aliphatic rings. The van der Waals surface area contributed by atoms with Gasteiger partial charge in [-0.2, -0.15) is 0 Å². The van der Waals surface area contributed by atoms with Crippen LogP contribution in [0, 0.1) is 41.2 Å². The van der Waals surface area contributed by atoms with Gasteiger partial charge in [-0.15, -0.1) is 0 Å². The van der Waals surface area contributed by atoms with Gasteiger partial charge in [0.05, 0.1) is 25.1 Å². The SMILES string of the molecule is CCCC1COC(c2cc(F)c(C#CC3CCC(/C=C/F)CC3)c(F)c2)OC1. The molecule has 28 heavy (non-hydrogen) atoms. The van der Waals surface area contributed by atoms with E-state index in [1.165, 1.54) is 12.1 Å². The van der Waals surface area contributed by atoms with Gasteiger partial charge in [-0.05, 0) is 50.2 Å². The topological polar surface area (TPSA) is 18.5 Å². The van der Waals surface area contributed by atoms with Crippen LogP contribution < -0.4 is 0 Å². The smallest absolute Gasteiger partial charge is 0.184 e. The summed E-state index contributed by atoms with van der Waals surface area (Å²) >= 11 is 0. The summed E-state index contributed by atoms with van der Waals surface area (Å²) in [5.41, 5.74) is 0.128. The van der Waals surface area contributed by atoms with Gasteiger partial charge in [-0.3, -0.25) is 0 Å². The molecule has 152 valence electrons. The first-order chi connectivity index (χ1) is 13.6. The molecule has 5 heteroatoms. The van der Waals surface area contributed by atoms with E-state index in [9.17, 15) is 13.2 Å². The Labute approximate surface area is 165 Å². The van der Waals surface area contributed by atoms with E-state index in [1.54, 1.807) is 6.08 Å². The molecule has 2 fully saturated rings. The number of allylic oxidation sites excluding steroid dienone is 1. The fraction of sp³-hybridized carbons (Fsp3) is 0.565. The third-order valence-corrected chi connectivity index (χ3v) is 5.52.